The number of ether oxygens (including phenoxy) is 2. The molecular weight excluding hydrogens is 436 g/mol. The summed E-state index contributed by atoms with van der Waals surface area (Å²) in [4.78, 5) is 48.3. The van der Waals surface area contributed by atoms with E-state index in [1.54, 1.807) is 54.1 Å². The second kappa shape index (κ2) is 9.80. The first kappa shape index (κ1) is 23.1. The minimum absolute atomic E-state index is 0.00115. The second-order valence-corrected chi connectivity index (χ2v) is 7.57. The maximum atomic E-state index is 13.4. The fourth-order valence-electron chi connectivity index (χ4n) is 3.70. The van der Waals surface area contributed by atoms with E-state index in [1.165, 1.54) is 17.6 Å². The summed E-state index contributed by atoms with van der Waals surface area (Å²) < 4.78 is 13.5. The molecule has 0 atom stereocenters. The number of carbonyl (C=O) groups is 2. The van der Waals surface area contributed by atoms with Gasteiger partial charge in [-0.05, 0) is 43.7 Å². The number of aryl methyl sites for hydroxylation is 1. The van der Waals surface area contributed by atoms with Crippen LogP contribution in [0.3, 0.4) is 0 Å². The van der Waals surface area contributed by atoms with Gasteiger partial charge in [0.25, 0.3) is 11.5 Å². The Bertz CT molecular complexity index is 1520. The highest BCUT2D eigenvalue weighted by atomic mass is 16.5. The van der Waals surface area contributed by atoms with Gasteiger partial charge in [-0.25, -0.2) is 9.78 Å². The Labute approximate surface area is 194 Å². The fourth-order valence-corrected chi connectivity index (χ4v) is 3.70. The Morgan fingerprint density at radius 1 is 1.09 bits per heavy atom. The van der Waals surface area contributed by atoms with E-state index in [1.807, 2.05) is 13.0 Å². The third kappa shape index (κ3) is 4.25. The smallest absolute Gasteiger partial charge is 0.341 e. The lowest BCUT2D eigenvalue weighted by Gasteiger charge is -2.15. The van der Waals surface area contributed by atoms with Crippen molar-refractivity contribution in [3.63, 3.8) is 0 Å². The van der Waals surface area contributed by atoms with Crippen molar-refractivity contribution in [2.45, 2.75) is 20.4 Å². The molecule has 34 heavy (non-hydrogen) atoms. The summed E-state index contributed by atoms with van der Waals surface area (Å²) in [7, 11) is 1.53. The van der Waals surface area contributed by atoms with Crippen LogP contribution in [0.1, 0.15) is 33.2 Å². The van der Waals surface area contributed by atoms with Gasteiger partial charge in [-0.15, -0.1) is 0 Å². The predicted octanol–water partition coefficient (Wildman–Crippen LogP) is 2.52. The lowest BCUT2D eigenvalue weighted by atomic mass is 10.2. The van der Waals surface area contributed by atoms with Crippen LogP contribution in [0.15, 0.2) is 64.5 Å². The van der Waals surface area contributed by atoms with Gasteiger partial charge in [-0.1, -0.05) is 24.3 Å². The summed E-state index contributed by atoms with van der Waals surface area (Å²) in [6.45, 7) is 4.09. The van der Waals surface area contributed by atoms with Crippen molar-refractivity contribution in [1.82, 2.24) is 14.0 Å². The largest absolute Gasteiger partial charge is 0.462 e. The number of hydrogen-bond acceptors (Lipinski definition) is 6. The number of nitrogens with zero attached hydrogens (tertiary/aromatic N) is 4. The maximum Gasteiger partial charge on any atom is 0.341 e. The monoisotopic (exact) mass is 460 g/mol. The Morgan fingerprint density at radius 2 is 1.85 bits per heavy atom. The molecule has 1 aromatic carbocycles. The molecule has 1 amide bonds. The Balaban J connectivity index is 2.15. The normalized spacial score (nSPS) is 11.8. The molecule has 3 aromatic heterocycles. The van der Waals surface area contributed by atoms with Crippen LogP contribution in [0.5, 0.6) is 0 Å². The number of rotatable bonds is 6. The fraction of sp³-hybridized carbons (Fsp3) is 0.240. The van der Waals surface area contributed by atoms with Crippen molar-refractivity contribution >= 4 is 28.6 Å². The zero-order valence-electron chi connectivity index (χ0n) is 19.1. The number of fused-ring (bicyclic) bond motifs is 2. The molecule has 0 radical (unpaired) electrons. The first-order chi connectivity index (χ1) is 16.5. The van der Waals surface area contributed by atoms with Gasteiger partial charge in [0.2, 0.25) is 0 Å². The van der Waals surface area contributed by atoms with Gasteiger partial charge in [0, 0.05) is 25.4 Å². The zero-order valence-corrected chi connectivity index (χ0v) is 19.1. The van der Waals surface area contributed by atoms with Crippen LogP contribution in [0.4, 0.5) is 0 Å². The molecule has 9 heteroatoms. The highest BCUT2D eigenvalue weighted by Crippen LogP contribution is 2.14. The van der Waals surface area contributed by atoms with Crippen LogP contribution in [-0.2, 0) is 16.0 Å². The van der Waals surface area contributed by atoms with Gasteiger partial charge < -0.3 is 14.0 Å². The first-order valence-corrected chi connectivity index (χ1v) is 10.8. The van der Waals surface area contributed by atoms with Crippen molar-refractivity contribution in [2.75, 3.05) is 20.3 Å². The topological polar surface area (TPSA) is 104 Å². The molecule has 0 aliphatic heterocycles. The van der Waals surface area contributed by atoms with E-state index in [0.717, 1.165) is 5.56 Å². The van der Waals surface area contributed by atoms with E-state index < -0.39 is 11.9 Å². The summed E-state index contributed by atoms with van der Waals surface area (Å²) in [5.41, 5.74) is 1.63. The molecule has 4 rings (SSSR count). The molecule has 4 aromatic rings. The van der Waals surface area contributed by atoms with Crippen molar-refractivity contribution in [3.05, 3.63) is 87.3 Å². The number of methoxy groups -OCH3 is 1. The quantitative estimate of drug-likeness (QED) is 0.324. The van der Waals surface area contributed by atoms with Crippen molar-refractivity contribution < 1.29 is 19.1 Å². The van der Waals surface area contributed by atoms with Gasteiger partial charge >= 0.3 is 5.97 Å². The lowest BCUT2D eigenvalue weighted by Crippen LogP contribution is -2.33. The first-order valence-electron chi connectivity index (χ1n) is 10.8. The van der Waals surface area contributed by atoms with Crippen molar-refractivity contribution in [2.24, 2.45) is 4.99 Å². The van der Waals surface area contributed by atoms with Gasteiger partial charge in [-0.3, -0.25) is 14.0 Å². The van der Waals surface area contributed by atoms with E-state index in [4.69, 9.17) is 14.5 Å². The summed E-state index contributed by atoms with van der Waals surface area (Å²) in [6, 6.07) is 13.5. The molecule has 0 saturated carbocycles. The maximum absolute atomic E-state index is 13.4. The van der Waals surface area contributed by atoms with E-state index in [0.29, 0.717) is 16.9 Å². The average Bonchev–Trinajstić information content (AvgIpc) is 2.84. The molecule has 0 bridgehead atoms. The molecular formula is C25H24N4O5. The number of amides is 1. The molecule has 0 unspecified atom stereocenters. The molecule has 0 spiro atoms. The van der Waals surface area contributed by atoms with Crippen molar-refractivity contribution in [1.29, 1.82) is 0 Å². The molecule has 3 heterocycles. The predicted molar refractivity (Wildman–Crippen MR) is 126 cm³/mol. The number of esters is 1. The summed E-state index contributed by atoms with van der Waals surface area (Å²) in [5.74, 6) is -1.23. The number of pyridine rings is 2. The number of aromatic nitrogens is 3. The lowest BCUT2D eigenvalue weighted by molar-refractivity contribution is 0.0523. The van der Waals surface area contributed by atoms with E-state index >= 15 is 0 Å². The number of carbonyl (C=O) groups excluding carboxylic acids is 2. The van der Waals surface area contributed by atoms with E-state index in [9.17, 15) is 14.4 Å². The van der Waals surface area contributed by atoms with E-state index in [2.05, 4.69) is 4.99 Å². The van der Waals surface area contributed by atoms with Gasteiger partial charge in [0.1, 0.15) is 16.9 Å². The third-order valence-corrected chi connectivity index (χ3v) is 5.35. The molecule has 0 aliphatic rings. The van der Waals surface area contributed by atoms with Crippen LogP contribution in [0.25, 0.3) is 16.7 Å². The van der Waals surface area contributed by atoms with Gasteiger partial charge in [0.05, 0.1) is 18.6 Å². The summed E-state index contributed by atoms with van der Waals surface area (Å²) >= 11 is 0. The molecule has 174 valence electrons. The van der Waals surface area contributed by atoms with Crippen molar-refractivity contribution in [3.8, 4) is 0 Å². The molecule has 9 nitrogen and oxygen atoms in total. The molecule has 0 saturated heterocycles. The third-order valence-electron chi connectivity index (χ3n) is 5.35. The summed E-state index contributed by atoms with van der Waals surface area (Å²) in [5, 5.41) is 0.202. The SMILES string of the molecule is CCOC(=O)c1cc2c(=O)n3cccc(C)c3nc2n(CCOC)c1=NC(=O)c1ccccc1. The standard InChI is InChI=1S/C25H24N4O5/c1-4-34-25(32)19-15-18-21(26-20-16(2)9-8-12-29(20)24(18)31)28(13-14-33-3)22(19)27-23(30)17-10-6-5-7-11-17/h5-12,15H,4,13-14H2,1-3H3. The molecule has 0 N–H and O–H groups in total. The van der Waals surface area contributed by atoms with Gasteiger partial charge in [0.15, 0.2) is 5.49 Å². The Kier molecular flexibility index (Phi) is 6.65. The molecule has 0 fully saturated rings. The zero-order chi connectivity index (χ0) is 24.2. The van der Waals surface area contributed by atoms with Gasteiger partial charge in [-0.2, -0.15) is 4.99 Å². The minimum Gasteiger partial charge on any atom is -0.462 e. The highest BCUT2D eigenvalue weighted by molar-refractivity contribution is 5.97. The highest BCUT2D eigenvalue weighted by Gasteiger charge is 2.20. The van der Waals surface area contributed by atoms with E-state index in [-0.39, 0.29) is 41.8 Å². The van der Waals surface area contributed by atoms with Crippen LogP contribution in [-0.4, -0.2) is 46.2 Å². The van der Waals surface area contributed by atoms with Crippen LogP contribution in [0.2, 0.25) is 0 Å². The number of benzene rings is 1. The Morgan fingerprint density at radius 3 is 2.56 bits per heavy atom. The molecule has 0 aliphatic carbocycles. The summed E-state index contributed by atoms with van der Waals surface area (Å²) in [6.07, 6.45) is 1.62. The minimum atomic E-state index is -0.691. The van der Waals surface area contributed by atoms with Crippen LogP contribution < -0.4 is 11.0 Å². The van der Waals surface area contributed by atoms with Crippen LogP contribution >= 0.6 is 0 Å². The van der Waals surface area contributed by atoms with Crippen LogP contribution in [0, 0.1) is 6.92 Å². The average molecular weight is 460 g/mol. The number of hydrogen-bond donors (Lipinski definition) is 0. The Hall–Kier alpha value is -4.11. The second-order valence-electron chi connectivity index (χ2n) is 7.57.